The van der Waals surface area contributed by atoms with E-state index in [4.69, 9.17) is 0 Å². The summed E-state index contributed by atoms with van der Waals surface area (Å²) in [6.45, 7) is 8.37. The molecule has 0 spiro atoms. The number of amides is 1. The molecule has 18 heavy (non-hydrogen) atoms. The minimum atomic E-state index is -2.97. The quantitative estimate of drug-likeness (QED) is 0.744. The molecule has 0 aromatic heterocycles. The summed E-state index contributed by atoms with van der Waals surface area (Å²) in [4.78, 5) is 16.0. The van der Waals surface area contributed by atoms with Crippen molar-refractivity contribution in [3.8, 4) is 0 Å². The second kappa shape index (κ2) is 6.52. The molecular weight excluding hydrogens is 252 g/mol. The van der Waals surface area contributed by atoms with E-state index in [0.29, 0.717) is 19.5 Å². The first-order valence-corrected chi connectivity index (χ1v) is 8.44. The molecule has 1 aliphatic heterocycles. The van der Waals surface area contributed by atoms with Crippen LogP contribution in [0.4, 0.5) is 0 Å². The van der Waals surface area contributed by atoms with Crippen LogP contribution in [0.5, 0.6) is 0 Å². The van der Waals surface area contributed by atoms with Crippen LogP contribution < -0.4 is 0 Å². The van der Waals surface area contributed by atoms with Crippen LogP contribution in [0.2, 0.25) is 0 Å². The Labute approximate surface area is 110 Å². The predicted octanol–water partition coefficient (Wildman–Crippen LogP) is 0.364. The maximum absolute atomic E-state index is 12.2. The van der Waals surface area contributed by atoms with E-state index in [2.05, 4.69) is 4.90 Å². The number of carbonyl (C=O) groups excluding carboxylic acids is 1. The molecule has 0 aromatic rings. The van der Waals surface area contributed by atoms with Gasteiger partial charge in [0.1, 0.15) is 0 Å². The zero-order valence-corrected chi connectivity index (χ0v) is 12.4. The molecule has 6 heteroatoms. The SMILES string of the molecule is CCN(CC)CC(=O)N1CCS(=O)(=O)CC[C@H]1C. The highest BCUT2D eigenvalue weighted by atomic mass is 32.2. The smallest absolute Gasteiger partial charge is 0.237 e. The van der Waals surface area contributed by atoms with Crippen molar-refractivity contribution >= 4 is 15.7 Å². The molecule has 0 unspecified atom stereocenters. The lowest BCUT2D eigenvalue weighted by atomic mass is 10.2. The van der Waals surface area contributed by atoms with Gasteiger partial charge < -0.3 is 4.90 Å². The largest absolute Gasteiger partial charge is 0.338 e. The van der Waals surface area contributed by atoms with Crippen LogP contribution in [-0.2, 0) is 14.6 Å². The van der Waals surface area contributed by atoms with Crippen molar-refractivity contribution in [1.29, 1.82) is 0 Å². The molecule has 1 saturated heterocycles. The van der Waals surface area contributed by atoms with E-state index < -0.39 is 9.84 Å². The number of likely N-dealkylation sites (N-methyl/N-ethyl adjacent to an activating group) is 1. The van der Waals surface area contributed by atoms with Crippen molar-refractivity contribution in [2.45, 2.75) is 33.2 Å². The Morgan fingerprint density at radius 2 is 1.89 bits per heavy atom. The Morgan fingerprint density at radius 1 is 1.28 bits per heavy atom. The third-order valence-corrected chi connectivity index (χ3v) is 5.26. The van der Waals surface area contributed by atoms with Gasteiger partial charge in [-0.2, -0.15) is 0 Å². The fourth-order valence-electron chi connectivity index (χ4n) is 2.17. The van der Waals surface area contributed by atoms with Crippen molar-refractivity contribution in [2.75, 3.05) is 37.7 Å². The molecule has 1 atom stereocenters. The molecule has 0 radical (unpaired) electrons. The van der Waals surface area contributed by atoms with Crippen molar-refractivity contribution in [3.63, 3.8) is 0 Å². The molecule has 5 nitrogen and oxygen atoms in total. The van der Waals surface area contributed by atoms with Crippen molar-refractivity contribution < 1.29 is 13.2 Å². The normalized spacial score (nSPS) is 24.0. The summed E-state index contributed by atoms with van der Waals surface area (Å²) in [7, 11) is -2.97. The maximum atomic E-state index is 12.2. The summed E-state index contributed by atoms with van der Waals surface area (Å²) in [6, 6.07) is 0.0188. The number of hydrogen-bond donors (Lipinski definition) is 0. The Kier molecular flexibility index (Phi) is 5.59. The number of carbonyl (C=O) groups is 1. The third-order valence-electron chi connectivity index (χ3n) is 3.60. The van der Waals surface area contributed by atoms with E-state index in [9.17, 15) is 13.2 Å². The standard InChI is InChI=1S/C12H24N2O3S/c1-4-13(5-2)10-12(15)14-7-9-18(16,17)8-6-11(14)3/h11H,4-10H2,1-3H3/t11-/m1/s1. The van der Waals surface area contributed by atoms with Gasteiger partial charge >= 0.3 is 0 Å². The first-order valence-electron chi connectivity index (χ1n) is 6.61. The molecule has 0 aromatic carbocycles. The van der Waals surface area contributed by atoms with Gasteiger partial charge in [-0.15, -0.1) is 0 Å². The van der Waals surface area contributed by atoms with Crippen LogP contribution in [-0.4, -0.2) is 67.9 Å². The van der Waals surface area contributed by atoms with Gasteiger partial charge in [-0.05, 0) is 26.4 Å². The molecule has 0 aliphatic carbocycles. The molecule has 1 rings (SSSR count). The molecule has 0 N–H and O–H groups in total. The van der Waals surface area contributed by atoms with E-state index in [1.54, 1.807) is 4.90 Å². The zero-order chi connectivity index (χ0) is 13.8. The minimum Gasteiger partial charge on any atom is -0.338 e. The Balaban J connectivity index is 2.66. The van der Waals surface area contributed by atoms with E-state index in [-0.39, 0.29) is 23.5 Å². The second-order valence-electron chi connectivity index (χ2n) is 4.84. The molecule has 1 fully saturated rings. The first kappa shape index (κ1) is 15.4. The maximum Gasteiger partial charge on any atom is 0.237 e. The summed E-state index contributed by atoms with van der Waals surface area (Å²) >= 11 is 0. The third kappa shape index (κ3) is 4.24. The highest BCUT2D eigenvalue weighted by Crippen LogP contribution is 2.12. The van der Waals surface area contributed by atoms with Crippen LogP contribution in [0.3, 0.4) is 0 Å². The van der Waals surface area contributed by atoms with E-state index in [1.807, 2.05) is 20.8 Å². The van der Waals surface area contributed by atoms with Crippen molar-refractivity contribution in [1.82, 2.24) is 9.80 Å². The summed E-state index contributed by atoms with van der Waals surface area (Å²) in [5, 5.41) is 0. The Morgan fingerprint density at radius 3 is 2.44 bits per heavy atom. The van der Waals surface area contributed by atoms with Crippen LogP contribution in [0.1, 0.15) is 27.2 Å². The van der Waals surface area contributed by atoms with Crippen LogP contribution >= 0.6 is 0 Å². The monoisotopic (exact) mass is 276 g/mol. The van der Waals surface area contributed by atoms with Gasteiger partial charge in [0.05, 0.1) is 18.1 Å². The van der Waals surface area contributed by atoms with Crippen LogP contribution in [0.25, 0.3) is 0 Å². The van der Waals surface area contributed by atoms with Gasteiger partial charge in [-0.25, -0.2) is 8.42 Å². The van der Waals surface area contributed by atoms with Gasteiger partial charge in [0, 0.05) is 12.6 Å². The second-order valence-corrected chi connectivity index (χ2v) is 7.14. The van der Waals surface area contributed by atoms with Gasteiger partial charge in [-0.1, -0.05) is 13.8 Å². The predicted molar refractivity (Wildman–Crippen MR) is 72.2 cm³/mol. The van der Waals surface area contributed by atoms with Gasteiger partial charge in [0.15, 0.2) is 9.84 Å². The Bertz CT molecular complexity index is 377. The van der Waals surface area contributed by atoms with Gasteiger partial charge in [0.2, 0.25) is 5.91 Å². The van der Waals surface area contributed by atoms with Crippen LogP contribution in [0, 0.1) is 0 Å². The number of rotatable bonds is 4. The number of hydrogen-bond acceptors (Lipinski definition) is 4. The average molecular weight is 276 g/mol. The van der Waals surface area contributed by atoms with Crippen LogP contribution in [0.15, 0.2) is 0 Å². The summed E-state index contributed by atoms with van der Waals surface area (Å²) < 4.78 is 23.1. The fourth-order valence-corrected chi connectivity index (χ4v) is 3.54. The topological polar surface area (TPSA) is 57.7 Å². The average Bonchev–Trinajstić information content (AvgIpc) is 2.46. The first-order chi connectivity index (χ1) is 8.39. The highest BCUT2D eigenvalue weighted by molar-refractivity contribution is 7.91. The molecule has 0 saturated carbocycles. The van der Waals surface area contributed by atoms with Gasteiger partial charge in [-0.3, -0.25) is 9.69 Å². The fraction of sp³-hybridized carbons (Fsp3) is 0.917. The van der Waals surface area contributed by atoms with E-state index >= 15 is 0 Å². The summed E-state index contributed by atoms with van der Waals surface area (Å²) in [5.41, 5.74) is 0. The summed E-state index contributed by atoms with van der Waals surface area (Å²) in [5.74, 6) is 0.341. The molecule has 1 aliphatic rings. The van der Waals surface area contributed by atoms with Crippen molar-refractivity contribution in [3.05, 3.63) is 0 Å². The van der Waals surface area contributed by atoms with E-state index in [1.165, 1.54) is 0 Å². The van der Waals surface area contributed by atoms with Gasteiger partial charge in [0.25, 0.3) is 0 Å². The number of sulfone groups is 1. The lowest BCUT2D eigenvalue weighted by Crippen LogP contribution is -2.45. The molecule has 1 amide bonds. The Hall–Kier alpha value is -0.620. The van der Waals surface area contributed by atoms with Crippen molar-refractivity contribution in [2.24, 2.45) is 0 Å². The lowest BCUT2D eigenvalue weighted by molar-refractivity contribution is -0.134. The molecule has 0 bridgehead atoms. The van der Waals surface area contributed by atoms with E-state index in [0.717, 1.165) is 13.1 Å². The molecular formula is C12H24N2O3S. The number of nitrogens with zero attached hydrogens (tertiary/aromatic N) is 2. The molecule has 106 valence electrons. The highest BCUT2D eigenvalue weighted by Gasteiger charge is 2.28. The lowest BCUT2D eigenvalue weighted by Gasteiger charge is -2.29. The summed E-state index contributed by atoms with van der Waals surface area (Å²) in [6.07, 6.45) is 0.548. The minimum absolute atomic E-state index is 0.0188. The molecule has 1 heterocycles. The zero-order valence-electron chi connectivity index (χ0n) is 11.6.